The van der Waals surface area contributed by atoms with Crippen molar-refractivity contribution in [2.24, 2.45) is 0 Å². The van der Waals surface area contributed by atoms with Gasteiger partial charge in [-0.25, -0.2) is 24.8 Å². The molecule has 3 unspecified atom stereocenters. The number of ether oxygens (including phenoxy) is 3. The van der Waals surface area contributed by atoms with Crippen molar-refractivity contribution in [3.63, 3.8) is 0 Å². The summed E-state index contributed by atoms with van der Waals surface area (Å²) in [4.78, 5) is 37.5. The number of imidazole rings is 1. The van der Waals surface area contributed by atoms with E-state index in [1.807, 2.05) is 6.92 Å². The van der Waals surface area contributed by atoms with E-state index in [0.29, 0.717) is 17.7 Å². The minimum Gasteiger partial charge on any atom is -0.464 e. The Labute approximate surface area is 223 Å². The molecule has 0 aliphatic heterocycles. The number of anilines is 1. The van der Waals surface area contributed by atoms with Crippen LogP contribution in [0, 0.1) is 0 Å². The lowest BCUT2D eigenvalue weighted by molar-refractivity contribution is -0.155. The van der Waals surface area contributed by atoms with E-state index in [1.54, 1.807) is 31.7 Å². The smallest absolute Gasteiger partial charge is 0.335 e. The Morgan fingerprint density at radius 1 is 1.16 bits per heavy atom. The van der Waals surface area contributed by atoms with Crippen molar-refractivity contribution in [1.82, 2.24) is 24.6 Å². The molecule has 2 rings (SSSR count). The van der Waals surface area contributed by atoms with Crippen LogP contribution in [0.25, 0.3) is 11.2 Å². The van der Waals surface area contributed by atoms with E-state index in [4.69, 9.17) is 24.5 Å². The van der Waals surface area contributed by atoms with Gasteiger partial charge >= 0.3 is 11.9 Å². The molecular weight excluding hydrogens is 515 g/mol. The molecule has 14 heteroatoms. The highest BCUT2D eigenvalue weighted by molar-refractivity contribution is 7.56. The van der Waals surface area contributed by atoms with Crippen LogP contribution in [0.4, 0.5) is 5.82 Å². The fourth-order valence-electron chi connectivity index (χ4n) is 3.47. The van der Waals surface area contributed by atoms with Gasteiger partial charge in [0.15, 0.2) is 17.6 Å². The number of nitrogens with zero attached hydrogens (tertiary/aromatic N) is 4. The molecule has 2 heterocycles. The Hall–Kier alpha value is -2.60. The van der Waals surface area contributed by atoms with Crippen LogP contribution in [-0.4, -0.2) is 68.3 Å². The normalized spacial score (nSPS) is 15.3. The first-order chi connectivity index (χ1) is 17.8. The Bertz CT molecular complexity index is 1120. The molecule has 0 saturated carbocycles. The number of nitrogens with one attached hydrogen (secondary N) is 1. The molecule has 0 spiro atoms. The van der Waals surface area contributed by atoms with Crippen LogP contribution in [0.1, 0.15) is 67.7 Å². The van der Waals surface area contributed by atoms with Gasteiger partial charge in [0.2, 0.25) is 0 Å². The zero-order valence-corrected chi connectivity index (χ0v) is 24.2. The zero-order valence-electron chi connectivity index (χ0n) is 23.3. The largest absolute Gasteiger partial charge is 0.464 e. The first-order valence-electron chi connectivity index (χ1n) is 12.8. The third-order valence-corrected chi connectivity index (χ3v) is 7.41. The van der Waals surface area contributed by atoms with Gasteiger partial charge in [-0.1, -0.05) is 19.8 Å². The van der Waals surface area contributed by atoms with Gasteiger partial charge in [-0.3, -0.25) is 9.36 Å². The predicted octanol–water partition coefficient (Wildman–Crippen LogP) is 3.42. The highest BCUT2D eigenvalue weighted by Gasteiger charge is 2.40. The number of carbonyl (C=O) groups excluding carboxylic acids is 2. The summed E-state index contributed by atoms with van der Waals surface area (Å²) in [6, 6.07) is 0. The molecule has 3 atom stereocenters. The standard InChI is InChI=1S/C24H41N6O7P/c1-8-9-10-11-34-23(32)24(6,7)29-38(33,37-18(5)22(31)36-16(2)3)15-35-17(4)12-30-14-28-19-20(25)26-13-27-21(19)30/h13-14,16-18H,8-12,15H2,1-7H3,(H,29,33)(H2,25,26,27). The quantitative estimate of drug-likeness (QED) is 0.176. The average Bonchev–Trinajstić information content (AvgIpc) is 3.23. The highest BCUT2D eigenvalue weighted by atomic mass is 31.2. The van der Waals surface area contributed by atoms with Gasteiger partial charge in [-0.15, -0.1) is 0 Å². The summed E-state index contributed by atoms with van der Waals surface area (Å²) in [5, 5.41) is 2.77. The number of carbonyl (C=O) groups is 2. The first-order valence-corrected chi connectivity index (χ1v) is 14.6. The third-order valence-electron chi connectivity index (χ3n) is 5.37. The van der Waals surface area contributed by atoms with Crippen LogP contribution >= 0.6 is 7.52 Å². The number of rotatable bonds is 16. The van der Waals surface area contributed by atoms with E-state index in [0.717, 1.165) is 19.3 Å². The van der Waals surface area contributed by atoms with Crippen LogP contribution < -0.4 is 10.8 Å². The first kappa shape index (κ1) is 31.6. The molecule has 0 aliphatic rings. The topological polar surface area (TPSA) is 170 Å². The van der Waals surface area contributed by atoms with E-state index in [1.165, 1.54) is 27.1 Å². The molecule has 13 nitrogen and oxygen atoms in total. The second kappa shape index (κ2) is 14.0. The van der Waals surface area contributed by atoms with Crippen molar-refractivity contribution in [2.45, 2.75) is 98.1 Å². The fourth-order valence-corrected chi connectivity index (χ4v) is 5.64. The number of hydrogen-bond acceptors (Lipinski definition) is 11. The van der Waals surface area contributed by atoms with Gasteiger partial charge in [0.1, 0.15) is 23.7 Å². The highest BCUT2D eigenvalue weighted by Crippen LogP contribution is 2.46. The molecular formula is C24H41N6O7P. The molecule has 0 aromatic carbocycles. The van der Waals surface area contributed by atoms with Crippen molar-refractivity contribution in [3.8, 4) is 0 Å². The maximum atomic E-state index is 13.9. The molecule has 0 saturated heterocycles. The fraction of sp³-hybridized carbons (Fsp3) is 0.708. The molecule has 214 valence electrons. The molecule has 38 heavy (non-hydrogen) atoms. The van der Waals surface area contributed by atoms with Gasteiger partial charge in [0, 0.05) is 0 Å². The summed E-state index contributed by atoms with van der Waals surface area (Å²) in [6.45, 7) is 12.3. The summed E-state index contributed by atoms with van der Waals surface area (Å²) in [6.07, 6.45) is 3.07. The van der Waals surface area contributed by atoms with Crippen LogP contribution in [0.2, 0.25) is 0 Å². The lowest BCUT2D eigenvalue weighted by Gasteiger charge is -2.31. The van der Waals surface area contributed by atoms with Gasteiger partial charge in [-0.2, -0.15) is 0 Å². The summed E-state index contributed by atoms with van der Waals surface area (Å²) in [5.41, 5.74) is 5.46. The summed E-state index contributed by atoms with van der Waals surface area (Å²) < 4.78 is 37.8. The third kappa shape index (κ3) is 9.30. The van der Waals surface area contributed by atoms with E-state index in [-0.39, 0.29) is 18.5 Å². The van der Waals surface area contributed by atoms with Crippen LogP contribution in [0.3, 0.4) is 0 Å². The maximum Gasteiger partial charge on any atom is 0.335 e. The second-order valence-electron chi connectivity index (χ2n) is 9.92. The zero-order chi connectivity index (χ0) is 28.5. The average molecular weight is 557 g/mol. The maximum absolute atomic E-state index is 13.9. The van der Waals surface area contributed by atoms with Gasteiger partial charge in [0.05, 0.1) is 31.7 Å². The lowest BCUT2D eigenvalue weighted by Crippen LogP contribution is -2.47. The van der Waals surface area contributed by atoms with E-state index < -0.39 is 43.6 Å². The Morgan fingerprint density at radius 2 is 1.87 bits per heavy atom. The number of hydrogen-bond donors (Lipinski definition) is 2. The number of fused-ring (bicyclic) bond motifs is 1. The van der Waals surface area contributed by atoms with Gasteiger partial charge in [-0.05, 0) is 48.0 Å². The Kier molecular flexibility index (Phi) is 11.6. The number of esters is 2. The van der Waals surface area contributed by atoms with E-state index >= 15 is 0 Å². The Balaban J connectivity index is 2.14. The summed E-state index contributed by atoms with van der Waals surface area (Å²) in [5.74, 6) is -1.02. The van der Waals surface area contributed by atoms with Crippen molar-refractivity contribution in [1.29, 1.82) is 0 Å². The number of aromatic nitrogens is 4. The van der Waals surface area contributed by atoms with Gasteiger partial charge in [0.25, 0.3) is 7.52 Å². The van der Waals surface area contributed by atoms with Crippen molar-refractivity contribution in [2.75, 3.05) is 18.7 Å². The van der Waals surface area contributed by atoms with E-state index in [2.05, 4.69) is 20.0 Å². The molecule has 2 aromatic heterocycles. The van der Waals surface area contributed by atoms with Crippen LogP contribution in [0.5, 0.6) is 0 Å². The molecule has 3 N–H and O–H groups in total. The van der Waals surface area contributed by atoms with Crippen molar-refractivity contribution < 1.29 is 32.9 Å². The molecule has 0 fully saturated rings. The SMILES string of the molecule is CCCCCOC(=O)C(C)(C)NP(=O)(COC(C)Cn1cnc2c(N)ncnc21)OC(C)C(=O)OC(C)C. The van der Waals surface area contributed by atoms with Crippen LogP contribution in [0.15, 0.2) is 12.7 Å². The second-order valence-corrected chi connectivity index (χ2v) is 12.0. The van der Waals surface area contributed by atoms with Gasteiger partial charge < -0.3 is 29.0 Å². The molecule has 0 radical (unpaired) electrons. The Morgan fingerprint density at radius 3 is 2.53 bits per heavy atom. The van der Waals surface area contributed by atoms with E-state index in [9.17, 15) is 14.2 Å². The number of nitrogen functional groups attached to an aromatic ring is 1. The number of nitrogens with two attached hydrogens (primary N) is 1. The molecule has 0 aliphatic carbocycles. The minimum atomic E-state index is -3.94. The molecule has 0 amide bonds. The van der Waals surface area contributed by atoms with Crippen molar-refractivity contribution in [3.05, 3.63) is 12.7 Å². The van der Waals surface area contributed by atoms with Crippen molar-refractivity contribution >= 4 is 36.4 Å². The summed E-state index contributed by atoms with van der Waals surface area (Å²) >= 11 is 0. The minimum absolute atomic E-state index is 0.251. The predicted molar refractivity (Wildman–Crippen MR) is 142 cm³/mol. The number of unbranched alkanes of at least 4 members (excludes halogenated alkanes) is 2. The van der Waals surface area contributed by atoms with Crippen LogP contribution in [-0.2, 0) is 39.4 Å². The molecule has 0 bridgehead atoms. The monoisotopic (exact) mass is 556 g/mol. The summed E-state index contributed by atoms with van der Waals surface area (Å²) in [7, 11) is -3.94. The lowest BCUT2D eigenvalue weighted by atomic mass is 10.1. The molecule has 2 aromatic rings.